The van der Waals surface area contributed by atoms with Gasteiger partial charge in [-0.05, 0) is 74.5 Å². The smallest absolute Gasteiger partial charge is 0.298 e. The third-order valence-corrected chi connectivity index (χ3v) is 7.43. The molecule has 0 N–H and O–H groups in total. The molecule has 2 aromatic heterocycles. The molecular weight excluding hydrogens is 412 g/mol. The van der Waals surface area contributed by atoms with E-state index in [1.165, 1.54) is 56.3 Å². The minimum atomic E-state index is 0.733. The van der Waals surface area contributed by atoms with Gasteiger partial charge in [-0.2, -0.15) is 4.98 Å². The molecule has 3 aromatic rings. The minimum absolute atomic E-state index is 0.733. The summed E-state index contributed by atoms with van der Waals surface area (Å²) in [6.45, 7) is 6.36. The molecule has 3 aliphatic rings. The summed E-state index contributed by atoms with van der Waals surface area (Å²) in [7, 11) is 0. The fourth-order valence-corrected chi connectivity index (χ4v) is 5.52. The molecule has 0 amide bonds. The fraction of sp³-hybridized carbons (Fsp3) is 0.500. The first-order chi connectivity index (χ1) is 16.3. The molecule has 0 saturated carbocycles. The van der Waals surface area contributed by atoms with Gasteiger partial charge < -0.3 is 19.1 Å². The maximum absolute atomic E-state index is 6.25. The summed E-state index contributed by atoms with van der Waals surface area (Å²) < 4.78 is 6.25. The number of aromatic nitrogens is 3. The second-order valence-corrected chi connectivity index (χ2v) is 9.47. The van der Waals surface area contributed by atoms with Crippen LogP contribution in [0.2, 0.25) is 0 Å². The van der Waals surface area contributed by atoms with E-state index in [-0.39, 0.29) is 0 Å². The molecule has 0 aliphatic carbocycles. The Balaban J connectivity index is 1.13. The lowest BCUT2D eigenvalue weighted by atomic mass is 9.99. The third kappa shape index (κ3) is 4.34. The standard InChI is InChI=1S/C26H32N6O/c1-2-13-30(14-3-1)22-9-17-32(18-10-22)26-29-23-6-5-21(19-24(23)33-26)20-7-15-31(16-8-20)25-27-11-4-12-28-25/h4-7,11-12,19,22H,1-3,8-10,13-18H2. The van der Waals surface area contributed by atoms with E-state index in [9.17, 15) is 0 Å². The van der Waals surface area contributed by atoms with E-state index in [1.54, 1.807) is 12.4 Å². The Bertz CT molecular complexity index is 1110. The van der Waals surface area contributed by atoms with E-state index in [0.29, 0.717) is 0 Å². The molecule has 0 radical (unpaired) electrons. The average Bonchev–Trinajstić information content (AvgIpc) is 3.33. The average molecular weight is 445 g/mol. The summed E-state index contributed by atoms with van der Waals surface area (Å²) in [4.78, 5) is 20.8. The van der Waals surface area contributed by atoms with E-state index >= 15 is 0 Å². The first-order valence-corrected chi connectivity index (χ1v) is 12.4. The summed E-state index contributed by atoms with van der Waals surface area (Å²) in [5, 5.41) is 0. The van der Waals surface area contributed by atoms with Crippen molar-refractivity contribution in [2.75, 3.05) is 49.1 Å². The fourth-order valence-electron chi connectivity index (χ4n) is 5.52. The highest BCUT2D eigenvalue weighted by Gasteiger charge is 2.27. The number of rotatable bonds is 4. The predicted octanol–water partition coefficient (Wildman–Crippen LogP) is 4.37. The molecular formula is C26H32N6O. The van der Waals surface area contributed by atoms with Gasteiger partial charge in [0.25, 0.3) is 6.01 Å². The van der Waals surface area contributed by atoms with Gasteiger partial charge in [-0.1, -0.05) is 18.6 Å². The highest BCUT2D eigenvalue weighted by Crippen LogP contribution is 2.30. The molecule has 7 heteroatoms. The van der Waals surface area contributed by atoms with E-state index in [0.717, 1.165) is 61.7 Å². The van der Waals surface area contributed by atoms with E-state index in [4.69, 9.17) is 9.40 Å². The molecule has 6 rings (SSSR count). The molecule has 1 aromatic carbocycles. The number of benzene rings is 1. The van der Waals surface area contributed by atoms with Crippen LogP contribution in [0.3, 0.4) is 0 Å². The van der Waals surface area contributed by atoms with Crippen molar-refractivity contribution in [2.45, 2.75) is 44.6 Å². The van der Waals surface area contributed by atoms with Crippen LogP contribution in [0.25, 0.3) is 16.7 Å². The van der Waals surface area contributed by atoms with Crippen molar-refractivity contribution in [1.29, 1.82) is 0 Å². The van der Waals surface area contributed by atoms with Crippen LogP contribution in [0.5, 0.6) is 0 Å². The molecule has 2 saturated heterocycles. The minimum Gasteiger partial charge on any atom is -0.423 e. The Morgan fingerprint density at radius 3 is 2.45 bits per heavy atom. The second-order valence-electron chi connectivity index (χ2n) is 9.47. The second kappa shape index (κ2) is 9.14. The largest absolute Gasteiger partial charge is 0.423 e. The zero-order chi connectivity index (χ0) is 22.0. The molecule has 0 bridgehead atoms. The van der Waals surface area contributed by atoms with E-state index in [2.05, 4.69) is 48.9 Å². The number of fused-ring (bicyclic) bond motifs is 1. The topological polar surface area (TPSA) is 61.5 Å². The summed E-state index contributed by atoms with van der Waals surface area (Å²) in [6.07, 6.45) is 13.4. The van der Waals surface area contributed by atoms with Crippen LogP contribution in [-0.4, -0.2) is 65.2 Å². The van der Waals surface area contributed by atoms with Gasteiger partial charge in [0.15, 0.2) is 5.58 Å². The number of likely N-dealkylation sites (tertiary alicyclic amines) is 1. The summed E-state index contributed by atoms with van der Waals surface area (Å²) in [5.41, 5.74) is 4.41. The van der Waals surface area contributed by atoms with Crippen molar-refractivity contribution < 1.29 is 4.42 Å². The third-order valence-electron chi connectivity index (χ3n) is 7.43. The van der Waals surface area contributed by atoms with Crippen molar-refractivity contribution in [3.63, 3.8) is 0 Å². The van der Waals surface area contributed by atoms with Gasteiger partial charge in [-0.3, -0.25) is 0 Å². The first kappa shape index (κ1) is 20.7. The summed E-state index contributed by atoms with van der Waals surface area (Å²) in [5.74, 6) is 0.798. The molecule has 7 nitrogen and oxygen atoms in total. The number of hydrogen-bond acceptors (Lipinski definition) is 7. The van der Waals surface area contributed by atoms with Crippen LogP contribution in [0.1, 0.15) is 44.1 Å². The first-order valence-electron chi connectivity index (χ1n) is 12.4. The summed E-state index contributed by atoms with van der Waals surface area (Å²) >= 11 is 0. The SMILES string of the molecule is C1=C(c2ccc3nc(N4CCC(N5CCCCC5)CC4)oc3c2)CCN(c2ncccn2)C1. The Labute approximate surface area is 195 Å². The predicted molar refractivity (Wildman–Crippen MR) is 132 cm³/mol. The van der Waals surface area contributed by atoms with E-state index in [1.807, 2.05) is 6.07 Å². The van der Waals surface area contributed by atoms with Crippen LogP contribution < -0.4 is 9.80 Å². The van der Waals surface area contributed by atoms with E-state index < -0.39 is 0 Å². The molecule has 33 heavy (non-hydrogen) atoms. The number of hydrogen-bond donors (Lipinski definition) is 0. The monoisotopic (exact) mass is 444 g/mol. The van der Waals surface area contributed by atoms with Gasteiger partial charge in [0.05, 0.1) is 0 Å². The van der Waals surface area contributed by atoms with Crippen molar-refractivity contribution in [1.82, 2.24) is 19.9 Å². The zero-order valence-corrected chi connectivity index (χ0v) is 19.2. The van der Waals surface area contributed by atoms with Crippen LogP contribution >= 0.6 is 0 Å². The van der Waals surface area contributed by atoms with Gasteiger partial charge in [0, 0.05) is 44.6 Å². The number of oxazole rings is 1. The Morgan fingerprint density at radius 2 is 1.70 bits per heavy atom. The van der Waals surface area contributed by atoms with Gasteiger partial charge in [-0.25, -0.2) is 9.97 Å². The molecule has 172 valence electrons. The van der Waals surface area contributed by atoms with Crippen LogP contribution in [0, 0.1) is 0 Å². The quantitative estimate of drug-likeness (QED) is 0.592. The lowest BCUT2D eigenvalue weighted by Crippen LogP contribution is -2.46. The maximum Gasteiger partial charge on any atom is 0.298 e. The lowest BCUT2D eigenvalue weighted by molar-refractivity contribution is 0.140. The summed E-state index contributed by atoms with van der Waals surface area (Å²) in [6, 6.07) is 9.81. The van der Waals surface area contributed by atoms with Gasteiger partial charge in [0.2, 0.25) is 5.95 Å². The van der Waals surface area contributed by atoms with Crippen molar-refractivity contribution in [3.05, 3.63) is 48.3 Å². The number of piperidine rings is 2. The Kier molecular flexibility index (Phi) is 5.72. The lowest BCUT2D eigenvalue weighted by Gasteiger charge is -2.39. The van der Waals surface area contributed by atoms with Gasteiger partial charge >= 0.3 is 0 Å². The number of nitrogens with zero attached hydrogens (tertiary/aromatic N) is 6. The van der Waals surface area contributed by atoms with Crippen molar-refractivity contribution in [2.24, 2.45) is 0 Å². The zero-order valence-electron chi connectivity index (χ0n) is 19.2. The molecule has 5 heterocycles. The molecule has 3 aliphatic heterocycles. The van der Waals surface area contributed by atoms with Crippen LogP contribution in [0.4, 0.5) is 12.0 Å². The van der Waals surface area contributed by atoms with Gasteiger partial charge in [-0.15, -0.1) is 0 Å². The molecule has 0 unspecified atom stereocenters. The van der Waals surface area contributed by atoms with Crippen LogP contribution in [-0.2, 0) is 0 Å². The van der Waals surface area contributed by atoms with Crippen LogP contribution in [0.15, 0.2) is 47.2 Å². The highest BCUT2D eigenvalue weighted by atomic mass is 16.4. The molecule has 0 spiro atoms. The normalized spacial score (nSPS) is 20.9. The van der Waals surface area contributed by atoms with Crippen molar-refractivity contribution in [3.8, 4) is 0 Å². The maximum atomic E-state index is 6.25. The number of anilines is 2. The molecule has 0 atom stereocenters. The van der Waals surface area contributed by atoms with Crippen molar-refractivity contribution >= 4 is 28.6 Å². The van der Waals surface area contributed by atoms with Gasteiger partial charge in [0.1, 0.15) is 5.52 Å². The molecule has 2 fully saturated rings. The Hall–Kier alpha value is -2.93. The Morgan fingerprint density at radius 1 is 0.879 bits per heavy atom. The highest BCUT2D eigenvalue weighted by molar-refractivity contribution is 5.81.